The topological polar surface area (TPSA) is 34.1 Å². The van der Waals surface area contributed by atoms with E-state index in [4.69, 9.17) is 4.74 Å². The van der Waals surface area contributed by atoms with Gasteiger partial charge in [0.2, 0.25) is 0 Å². The molecule has 2 rings (SSSR count). The van der Waals surface area contributed by atoms with Crippen LogP contribution >= 0.6 is 0 Å². The fourth-order valence-corrected chi connectivity index (χ4v) is 1.33. The number of nitrogens with one attached hydrogen (secondary N) is 1. The van der Waals surface area contributed by atoms with Gasteiger partial charge in [0.15, 0.2) is 6.17 Å². The van der Waals surface area contributed by atoms with E-state index in [1.807, 2.05) is 0 Å². The van der Waals surface area contributed by atoms with Crippen molar-refractivity contribution in [2.45, 2.75) is 12.3 Å². The Labute approximate surface area is 75.9 Å². The molecule has 0 amide bonds. The molecule has 4 heteroatoms. The summed E-state index contributed by atoms with van der Waals surface area (Å²) >= 11 is 0. The summed E-state index contributed by atoms with van der Waals surface area (Å²) in [6.45, 7) is 0.958. The molecule has 0 aromatic carbocycles. The van der Waals surface area contributed by atoms with E-state index in [2.05, 4.69) is 10.3 Å². The van der Waals surface area contributed by atoms with Gasteiger partial charge in [0.05, 0.1) is 0 Å². The predicted octanol–water partition coefficient (Wildman–Crippen LogP) is 0.770. The highest BCUT2D eigenvalue weighted by molar-refractivity contribution is 5.17. The average Bonchev–Trinajstić information content (AvgIpc) is 2.54. The molecule has 1 aromatic rings. The van der Waals surface area contributed by atoms with Gasteiger partial charge in [0.1, 0.15) is 11.9 Å². The van der Waals surface area contributed by atoms with Gasteiger partial charge in [-0.15, -0.1) is 0 Å². The number of aromatic nitrogens is 1. The quantitative estimate of drug-likeness (QED) is 0.733. The molecule has 1 aliphatic heterocycles. The van der Waals surface area contributed by atoms with E-state index >= 15 is 0 Å². The first-order valence-electron chi connectivity index (χ1n) is 4.28. The number of pyridine rings is 1. The average molecular weight is 182 g/mol. The molecule has 1 N–H and O–H groups in total. The molecular formula is C9H11FN2O. The Morgan fingerprint density at radius 2 is 2.15 bits per heavy atom. The largest absolute Gasteiger partial charge is 0.486 e. The summed E-state index contributed by atoms with van der Waals surface area (Å²) in [6.07, 6.45) is 1.99. The van der Waals surface area contributed by atoms with Crippen LogP contribution in [0.2, 0.25) is 0 Å². The molecular weight excluding hydrogens is 171 g/mol. The van der Waals surface area contributed by atoms with E-state index in [1.54, 1.807) is 24.5 Å². The van der Waals surface area contributed by atoms with Gasteiger partial charge in [-0.25, -0.2) is 4.39 Å². The molecule has 1 saturated heterocycles. The Hall–Kier alpha value is -1.16. The molecule has 1 fully saturated rings. The van der Waals surface area contributed by atoms with E-state index in [-0.39, 0.29) is 6.10 Å². The van der Waals surface area contributed by atoms with Gasteiger partial charge in [-0.3, -0.25) is 4.98 Å². The Bertz CT molecular complexity index is 268. The third kappa shape index (κ3) is 1.95. The van der Waals surface area contributed by atoms with E-state index in [0.717, 1.165) is 0 Å². The van der Waals surface area contributed by atoms with Gasteiger partial charge in [-0.05, 0) is 12.1 Å². The maximum absolute atomic E-state index is 13.1. The molecule has 1 aliphatic rings. The monoisotopic (exact) mass is 182 g/mol. The molecule has 0 aliphatic carbocycles. The van der Waals surface area contributed by atoms with Gasteiger partial charge in [-0.1, -0.05) is 0 Å². The third-order valence-corrected chi connectivity index (χ3v) is 2.03. The smallest absolute Gasteiger partial charge is 0.150 e. The summed E-state index contributed by atoms with van der Waals surface area (Å²) < 4.78 is 18.5. The molecule has 0 bridgehead atoms. The number of hydrogen-bond acceptors (Lipinski definition) is 3. The van der Waals surface area contributed by atoms with Crippen LogP contribution in [0.1, 0.15) is 0 Å². The fraction of sp³-hybridized carbons (Fsp3) is 0.444. The third-order valence-electron chi connectivity index (χ3n) is 2.03. The SMILES string of the molecule is F[C@@H]1CNC[C@H]1Oc1ccncc1. The number of rotatable bonds is 2. The summed E-state index contributed by atoms with van der Waals surface area (Å²) in [5, 5.41) is 2.93. The minimum atomic E-state index is -0.909. The minimum absolute atomic E-state index is 0.359. The first-order chi connectivity index (χ1) is 6.36. The standard InChI is InChI=1S/C9H11FN2O/c10-8-5-12-6-9(8)13-7-1-3-11-4-2-7/h1-4,8-9,12H,5-6H2/t8-,9-/m1/s1. The highest BCUT2D eigenvalue weighted by atomic mass is 19.1. The van der Waals surface area contributed by atoms with Crippen molar-refractivity contribution in [3.63, 3.8) is 0 Å². The zero-order valence-corrected chi connectivity index (χ0v) is 7.11. The molecule has 2 heterocycles. The van der Waals surface area contributed by atoms with Crippen molar-refractivity contribution in [3.8, 4) is 5.75 Å². The van der Waals surface area contributed by atoms with Crippen LogP contribution in [-0.4, -0.2) is 30.3 Å². The van der Waals surface area contributed by atoms with Crippen molar-refractivity contribution in [1.29, 1.82) is 0 Å². The predicted molar refractivity (Wildman–Crippen MR) is 46.4 cm³/mol. The second-order valence-corrected chi connectivity index (χ2v) is 3.01. The van der Waals surface area contributed by atoms with Gasteiger partial charge >= 0.3 is 0 Å². The van der Waals surface area contributed by atoms with Crippen molar-refractivity contribution in [3.05, 3.63) is 24.5 Å². The number of ether oxygens (including phenoxy) is 1. The lowest BCUT2D eigenvalue weighted by Crippen LogP contribution is -2.26. The zero-order valence-electron chi connectivity index (χ0n) is 7.11. The molecule has 1 aromatic heterocycles. The van der Waals surface area contributed by atoms with Crippen LogP contribution in [0.15, 0.2) is 24.5 Å². The van der Waals surface area contributed by atoms with Crippen molar-refractivity contribution >= 4 is 0 Å². The van der Waals surface area contributed by atoms with E-state index in [1.165, 1.54) is 0 Å². The summed E-state index contributed by atoms with van der Waals surface area (Å²) in [6, 6.07) is 3.45. The van der Waals surface area contributed by atoms with E-state index in [0.29, 0.717) is 18.8 Å². The van der Waals surface area contributed by atoms with E-state index in [9.17, 15) is 4.39 Å². The molecule has 13 heavy (non-hydrogen) atoms. The lowest BCUT2D eigenvalue weighted by Gasteiger charge is -2.14. The summed E-state index contributed by atoms with van der Waals surface area (Å²) in [7, 11) is 0. The Balaban J connectivity index is 1.98. The molecule has 0 saturated carbocycles. The first-order valence-corrected chi connectivity index (χ1v) is 4.28. The zero-order chi connectivity index (χ0) is 9.10. The van der Waals surface area contributed by atoms with Crippen LogP contribution in [0.5, 0.6) is 5.75 Å². The number of alkyl halides is 1. The van der Waals surface area contributed by atoms with Crippen molar-refractivity contribution in [2.75, 3.05) is 13.1 Å². The summed E-state index contributed by atoms with van der Waals surface area (Å²) in [5.41, 5.74) is 0. The lowest BCUT2D eigenvalue weighted by atomic mass is 10.3. The Morgan fingerprint density at radius 3 is 2.77 bits per heavy atom. The molecule has 0 spiro atoms. The highest BCUT2D eigenvalue weighted by Gasteiger charge is 2.28. The second-order valence-electron chi connectivity index (χ2n) is 3.01. The van der Waals surface area contributed by atoms with Gasteiger partial charge in [0.25, 0.3) is 0 Å². The van der Waals surface area contributed by atoms with Crippen molar-refractivity contribution < 1.29 is 9.13 Å². The van der Waals surface area contributed by atoms with Crippen LogP contribution in [0, 0.1) is 0 Å². The van der Waals surface area contributed by atoms with Gasteiger partial charge < -0.3 is 10.1 Å². The minimum Gasteiger partial charge on any atom is -0.486 e. The fourth-order valence-electron chi connectivity index (χ4n) is 1.33. The molecule has 3 nitrogen and oxygen atoms in total. The Kier molecular flexibility index (Phi) is 2.40. The van der Waals surface area contributed by atoms with Gasteiger partial charge in [-0.2, -0.15) is 0 Å². The normalized spacial score (nSPS) is 27.5. The number of halogens is 1. The van der Waals surface area contributed by atoms with Crippen molar-refractivity contribution in [2.24, 2.45) is 0 Å². The second kappa shape index (κ2) is 3.70. The van der Waals surface area contributed by atoms with Crippen molar-refractivity contribution in [1.82, 2.24) is 10.3 Å². The highest BCUT2D eigenvalue weighted by Crippen LogP contribution is 2.15. The maximum atomic E-state index is 13.1. The van der Waals surface area contributed by atoms with Gasteiger partial charge in [0, 0.05) is 25.5 Å². The maximum Gasteiger partial charge on any atom is 0.150 e. The van der Waals surface area contributed by atoms with Crippen LogP contribution in [0.4, 0.5) is 4.39 Å². The van der Waals surface area contributed by atoms with Crippen LogP contribution < -0.4 is 10.1 Å². The molecule has 70 valence electrons. The summed E-state index contributed by atoms with van der Waals surface area (Å²) in [5.74, 6) is 0.673. The first kappa shape index (κ1) is 8.44. The molecule has 2 atom stereocenters. The molecule has 0 unspecified atom stereocenters. The number of nitrogens with zero attached hydrogens (tertiary/aromatic N) is 1. The lowest BCUT2D eigenvalue weighted by molar-refractivity contribution is 0.140. The summed E-state index contributed by atoms with van der Waals surface area (Å²) in [4.78, 5) is 3.85. The van der Waals surface area contributed by atoms with Crippen LogP contribution in [0.3, 0.4) is 0 Å². The van der Waals surface area contributed by atoms with Crippen LogP contribution in [0.25, 0.3) is 0 Å². The Morgan fingerprint density at radius 1 is 1.38 bits per heavy atom. The number of hydrogen-bond donors (Lipinski definition) is 1. The van der Waals surface area contributed by atoms with E-state index < -0.39 is 6.17 Å². The van der Waals surface area contributed by atoms with Crippen LogP contribution in [-0.2, 0) is 0 Å². The molecule has 0 radical (unpaired) electrons.